The molecule has 0 aromatic carbocycles. The van der Waals surface area contributed by atoms with Gasteiger partial charge in [-0.25, -0.2) is 0 Å². The molecule has 0 bridgehead atoms. The normalized spacial score (nSPS) is 0. The summed E-state index contributed by atoms with van der Waals surface area (Å²) in [6.45, 7) is 0. The second kappa shape index (κ2) is 131. The maximum atomic E-state index is 0. The van der Waals surface area contributed by atoms with E-state index in [1.165, 1.54) is 0 Å². The van der Waals surface area contributed by atoms with Crippen LogP contribution < -0.4 is 59.1 Å². The third-order valence-corrected chi connectivity index (χ3v) is 0. The minimum Gasteiger partial charge on any atom is -2.00 e. The Balaban J connectivity index is 0. The van der Waals surface area contributed by atoms with Gasteiger partial charge in [0.25, 0.3) is 0 Å². The van der Waals surface area contributed by atoms with Crippen molar-refractivity contribution in [2.75, 3.05) is 0 Å². The van der Waals surface area contributed by atoms with E-state index < -0.39 is 0 Å². The van der Waals surface area contributed by atoms with Gasteiger partial charge < -0.3 is 40.9 Å². The van der Waals surface area contributed by atoms with Gasteiger partial charge in [0.2, 0.25) is 0 Å². The van der Waals surface area contributed by atoms with Crippen molar-refractivity contribution in [3.63, 3.8) is 0 Å². The van der Waals surface area contributed by atoms with E-state index in [0.29, 0.717) is 0 Å². The van der Waals surface area contributed by atoms with Crippen LogP contribution in [0.25, 0.3) is 0 Å². The summed E-state index contributed by atoms with van der Waals surface area (Å²) in [6.07, 6.45) is 0. The molecule has 0 spiro atoms. The van der Waals surface area contributed by atoms with Crippen LogP contribution in [-0.4, -0.2) is 27.4 Å². The fourth-order valence-corrected chi connectivity index (χ4v) is 0. The second-order valence-corrected chi connectivity index (χ2v) is 0. The zero-order chi connectivity index (χ0) is 0. The molecule has 0 atom stereocenters. The van der Waals surface area contributed by atoms with Crippen LogP contribution in [-0.2, 0) is 13.5 Å². The van der Waals surface area contributed by atoms with Crippen molar-refractivity contribution >= 4 is 13.5 Å². The zero-order valence-corrected chi connectivity index (χ0v) is 9.72. The van der Waals surface area contributed by atoms with Crippen LogP contribution in [0.15, 0.2) is 0 Å². The molecule has 0 aromatic heterocycles. The molecule has 10 N–H and O–H groups in total. The van der Waals surface area contributed by atoms with Gasteiger partial charge in [0, 0.05) is 0 Å². The SMILES string of the molecule is O.O.O.O.O.[Na+].[Na+].[S-2]. The summed E-state index contributed by atoms with van der Waals surface area (Å²) in [5.41, 5.74) is 0. The molecular formula is H10Na2O5S. The van der Waals surface area contributed by atoms with Gasteiger partial charge in [0.1, 0.15) is 0 Å². The molecule has 8 heteroatoms. The quantitative estimate of drug-likeness (QED) is 0.314. The first-order valence-electron chi connectivity index (χ1n) is 0. The van der Waals surface area contributed by atoms with Gasteiger partial charge in [-0.3, -0.25) is 0 Å². The third kappa shape index (κ3) is 90.1. The molecule has 0 aliphatic carbocycles. The van der Waals surface area contributed by atoms with Crippen LogP contribution in [0.1, 0.15) is 0 Å². The van der Waals surface area contributed by atoms with E-state index in [1.807, 2.05) is 0 Å². The topological polar surface area (TPSA) is 158 Å². The van der Waals surface area contributed by atoms with E-state index in [1.54, 1.807) is 0 Å². The van der Waals surface area contributed by atoms with Gasteiger partial charge in [-0.2, -0.15) is 0 Å². The predicted molar refractivity (Wildman–Crippen MR) is 25.4 cm³/mol. The maximum Gasteiger partial charge on any atom is 1.00 e. The van der Waals surface area contributed by atoms with Crippen LogP contribution in [0.4, 0.5) is 0 Å². The van der Waals surface area contributed by atoms with Gasteiger partial charge in [-0.05, 0) is 0 Å². The standard InChI is InChI=1S/2Na.5H2O.S/h;;5*1H2;/q2*+1;;;;;;-2. The molecule has 0 saturated carbocycles. The Labute approximate surface area is 98.8 Å². The van der Waals surface area contributed by atoms with Crippen molar-refractivity contribution < 1.29 is 86.5 Å². The van der Waals surface area contributed by atoms with Crippen LogP contribution in [0.2, 0.25) is 0 Å². The van der Waals surface area contributed by atoms with Crippen molar-refractivity contribution in [1.82, 2.24) is 0 Å². The Bertz CT molecular complexity index is 10.4. The van der Waals surface area contributed by atoms with Crippen LogP contribution >= 0.6 is 0 Å². The number of hydrogen-bond acceptors (Lipinski definition) is 0. The monoisotopic (exact) mass is 168 g/mol. The van der Waals surface area contributed by atoms with Crippen molar-refractivity contribution in [2.45, 2.75) is 0 Å². The first-order valence-corrected chi connectivity index (χ1v) is 0. The summed E-state index contributed by atoms with van der Waals surface area (Å²) in [4.78, 5) is 0. The molecule has 0 aliphatic heterocycles. The smallest absolute Gasteiger partial charge is 1.00 e. The molecule has 0 amide bonds. The molecule has 0 rings (SSSR count). The van der Waals surface area contributed by atoms with Gasteiger partial charge in [0.05, 0.1) is 0 Å². The zero-order valence-electron chi connectivity index (χ0n) is 4.91. The fraction of sp³-hybridized carbons (Fsp3) is 0. The molecule has 0 heterocycles. The average molecular weight is 168 g/mol. The Hall–Kier alpha value is 2.15. The van der Waals surface area contributed by atoms with E-state index in [-0.39, 0.29) is 100.0 Å². The van der Waals surface area contributed by atoms with Gasteiger partial charge in [0.15, 0.2) is 0 Å². The fourth-order valence-electron chi connectivity index (χ4n) is 0. The summed E-state index contributed by atoms with van der Waals surface area (Å²) in [7, 11) is 0. The van der Waals surface area contributed by atoms with Crippen LogP contribution in [0.3, 0.4) is 0 Å². The third-order valence-electron chi connectivity index (χ3n) is 0. The molecule has 0 saturated heterocycles. The first kappa shape index (κ1) is 184. The summed E-state index contributed by atoms with van der Waals surface area (Å²) >= 11 is 0. The Morgan fingerprint density at radius 2 is 0.375 bits per heavy atom. The average Bonchev–Trinajstić information content (AvgIpc) is 0. The molecular weight excluding hydrogens is 158 g/mol. The van der Waals surface area contributed by atoms with Gasteiger partial charge in [-0.1, -0.05) is 0 Å². The molecule has 0 aromatic rings. The van der Waals surface area contributed by atoms with Crippen LogP contribution in [0, 0.1) is 0 Å². The minimum absolute atomic E-state index is 0. The van der Waals surface area contributed by atoms with Crippen molar-refractivity contribution in [3.05, 3.63) is 0 Å². The molecule has 0 unspecified atom stereocenters. The Morgan fingerprint density at radius 1 is 0.375 bits per heavy atom. The maximum absolute atomic E-state index is 0. The van der Waals surface area contributed by atoms with E-state index >= 15 is 0 Å². The molecule has 5 nitrogen and oxygen atoms in total. The number of rotatable bonds is 0. The van der Waals surface area contributed by atoms with E-state index in [9.17, 15) is 0 Å². The van der Waals surface area contributed by atoms with Crippen molar-refractivity contribution in [3.8, 4) is 0 Å². The molecule has 0 fully saturated rings. The van der Waals surface area contributed by atoms with E-state index in [0.717, 1.165) is 0 Å². The van der Waals surface area contributed by atoms with E-state index in [4.69, 9.17) is 0 Å². The van der Waals surface area contributed by atoms with E-state index in [2.05, 4.69) is 0 Å². The Morgan fingerprint density at radius 3 is 0.375 bits per heavy atom. The predicted octanol–water partition coefficient (Wildman–Crippen LogP) is -10.1. The number of hydrogen-bond donors (Lipinski definition) is 0. The molecule has 0 radical (unpaired) electrons. The first-order chi connectivity index (χ1) is 0. The summed E-state index contributed by atoms with van der Waals surface area (Å²) in [5.74, 6) is 0. The minimum atomic E-state index is 0. The second-order valence-electron chi connectivity index (χ2n) is 0. The summed E-state index contributed by atoms with van der Waals surface area (Å²) < 4.78 is 0. The Kier molecular flexibility index (Phi) is 3020. The van der Waals surface area contributed by atoms with Gasteiger partial charge >= 0.3 is 59.1 Å². The summed E-state index contributed by atoms with van der Waals surface area (Å²) in [5, 5.41) is 0. The van der Waals surface area contributed by atoms with Crippen molar-refractivity contribution in [1.29, 1.82) is 0 Å². The van der Waals surface area contributed by atoms with Gasteiger partial charge in [-0.15, -0.1) is 0 Å². The molecule has 48 valence electrons. The summed E-state index contributed by atoms with van der Waals surface area (Å²) in [6, 6.07) is 0. The molecule has 0 aliphatic rings. The largest absolute Gasteiger partial charge is 2.00 e. The molecule has 8 heavy (non-hydrogen) atoms. The van der Waals surface area contributed by atoms with Crippen LogP contribution in [0.5, 0.6) is 0 Å². The van der Waals surface area contributed by atoms with Crippen molar-refractivity contribution in [2.24, 2.45) is 0 Å².